The van der Waals surface area contributed by atoms with Gasteiger partial charge in [0.1, 0.15) is 11.6 Å². The number of halogens is 5. The summed E-state index contributed by atoms with van der Waals surface area (Å²) in [5, 5.41) is 0.181. The van der Waals surface area contributed by atoms with Crippen molar-refractivity contribution in [1.29, 1.82) is 0 Å². The van der Waals surface area contributed by atoms with Crippen LogP contribution in [-0.2, 0) is 0 Å². The first kappa shape index (κ1) is 14.6. The maximum atomic E-state index is 13.8. The van der Waals surface area contributed by atoms with Gasteiger partial charge in [0.05, 0.1) is 16.1 Å². The summed E-state index contributed by atoms with van der Waals surface area (Å²) in [6.07, 6.45) is 0. The third-order valence-corrected chi connectivity index (χ3v) is 4.12. The van der Waals surface area contributed by atoms with Crippen LogP contribution >= 0.6 is 43.5 Å². The Hall–Kier alpha value is -0.780. The Bertz CT molecular complexity index is 674. The summed E-state index contributed by atoms with van der Waals surface area (Å²) in [5.41, 5.74) is -0.489. The molecule has 2 aromatic rings. The molecule has 0 radical (unpaired) electrons. The molecule has 0 atom stereocenters. The summed E-state index contributed by atoms with van der Waals surface area (Å²) in [5.74, 6) is -2.24. The molecule has 0 aliphatic rings. The Morgan fingerprint density at radius 3 is 2.32 bits per heavy atom. The highest BCUT2D eigenvalue weighted by Gasteiger charge is 2.19. The van der Waals surface area contributed by atoms with Gasteiger partial charge in [0.15, 0.2) is 5.78 Å². The molecule has 0 aromatic heterocycles. The Morgan fingerprint density at radius 2 is 1.63 bits per heavy atom. The van der Waals surface area contributed by atoms with E-state index in [1.165, 1.54) is 18.2 Å². The standard InChI is InChI=1S/C13H5Br2ClF2O/c14-6-1-2-11(17)7(3-6)13(19)8-4-10(16)9(15)5-12(8)18/h1-5H. The molecule has 19 heavy (non-hydrogen) atoms. The lowest BCUT2D eigenvalue weighted by Gasteiger charge is -2.06. The van der Waals surface area contributed by atoms with E-state index in [9.17, 15) is 13.6 Å². The Morgan fingerprint density at radius 1 is 1.00 bits per heavy atom. The molecular formula is C13H5Br2ClF2O. The highest BCUT2D eigenvalue weighted by Crippen LogP contribution is 2.28. The topological polar surface area (TPSA) is 17.1 Å². The lowest BCUT2D eigenvalue weighted by atomic mass is 10.0. The molecule has 1 nitrogen and oxygen atoms in total. The van der Waals surface area contributed by atoms with Gasteiger partial charge >= 0.3 is 0 Å². The Kier molecular flexibility index (Phi) is 4.38. The van der Waals surface area contributed by atoms with E-state index in [1.54, 1.807) is 0 Å². The minimum Gasteiger partial charge on any atom is -0.288 e. The molecule has 2 rings (SSSR count). The van der Waals surface area contributed by atoms with Gasteiger partial charge in [0.2, 0.25) is 0 Å². The first-order valence-corrected chi connectivity index (χ1v) is 7.01. The molecule has 0 saturated heterocycles. The molecular weight excluding hydrogens is 405 g/mol. The summed E-state index contributed by atoms with van der Waals surface area (Å²) in [6, 6.07) is 6.13. The highest BCUT2D eigenvalue weighted by atomic mass is 79.9. The predicted octanol–water partition coefficient (Wildman–Crippen LogP) is 5.37. The molecule has 0 N–H and O–H groups in total. The fraction of sp³-hybridized carbons (Fsp3) is 0. The highest BCUT2D eigenvalue weighted by molar-refractivity contribution is 9.10. The van der Waals surface area contributed by atoms with Crippen molar-refractivity contribution in [1.82, 2.24) is 0 Å². The summed E-state index contributed by atoms with van der Waals surface area (Å²) >= 11 is 12.0. The van der Waals surface area contributed by atoms with Gasteiger partial charge in [-0.25, -0.2) is 8.78 Å². The first-order chi connectivity index (χ1) is 8.90. The molecule has 0 bridgehead atoms. The Balaban J connectivity index is 2.56. The molecule has 6 heteroatoms. The maximum absolute atomic E-state index is 13.8. The van der Waals surface area contributed by atoms with E-state index in [-0.39, 0.29) is 16.1 Å². The average Bonchev–Trinajstić information content (AvgIpc) is 2.36. The lowest BCUT2D eigenvalue weighted by Crippen LogP contribution is -2.07. The predicted molar refractivity (Wildman–Crippen MR) is 76.6 cm³/mol. The minimum atomic E-state index is -0.763. The summed E-state index contributed by atoms with van der Waals surface area (Å²) in [6.45, 7) is 0. The minimum absolute atomic E-state index is 0.181. The second kappa shape index (κ2) is 5.69. The van der Waals surface area contributed by atoms with Crippen molar-refractivity contribution in [3.63, 3.8) is 0 Å². The van der Waals surface area contributed by atoms with Crippen molar-refractivity contribution in [2.45, 2.75) is 0 Å². The average molecular weight is 410 g/mol. The number of hydrogen-bond acceptors (Lipinski definition) is 1. The number of benzene rings is 2. The van der Waals surface area contributed by atoms with E-state index in [4.69, 9.17) is 11.6 Å². The summed E-state index contributed by atoms with van der Waals surface area (Å²) < 4.78 is 28.2. The molecule has 0 fully saturated rings. The smallest absolute Gasteiger partial charge is 0.199 e. The fourth-order valence-electron chi connectivity index (χ4n) is 1.51. The molecule has 0 heterocycles. The molecule has 0 amide bonds. The summed E-state index contributed by atoms with van der Waals surface area (Å²) in [4.78, 5) is 12.1. The third-order valence-electron chi connectivity index (χ3n) is 2.43. The van der Waals surface area contributed by atoms with Crippen molar-refractivity contribution >= 4 is 49.2 Å². The van der Waals surface area contributed by atoms with Crippen molar-refractivity contribution < 1.29 is 13.6 Å². The molecule has 0 aliphatic heterocycles. The van der Waals surface area contributed by atoms with E-state index in [0.29, 0.717) is 8.95 Å². The second-order valence-electron chi connectivity index (χ2n) is 3.70. The molecule has 2 aromatic carbocycles. The summed E-state index contributed by atoms with van der Waals surface area (Å²) in [7, 11) is 0. The molecule has 0 aliphatic carbocycles. The van der Waals surface area contributed by atoms with Crippen LogP contribution in [0.5, 0.6) is 0 Å². The van der Waals surface area contributed by atoms with Gasteiger partial charge < -0.3 is 0 Å². The van der Waals surface area contributed by atoms with Crippen LogP contribution in [0.2, 0.25) is 5.02 Å². The lowest BCUT2D eigenvalue weighted by molar-refractivity contribution is 0.103. The van der Waals surface area contributed by atoms with Crippen molar-refractivity contribution in [2.24, 2.45) is 0 Å². The van der Waals surface area contributed by atoms with E-state index in [1.807, 2.05) is 0 Å². The van der Waals surface area contributed by atoms with E-state index in [2.05, 4.69) is 31.9 Å². The number of hydrogen-bond donors (Lipinski definition) is 0. The van der Waals surface area contributed by atoms with Crippen molar-refractivity contribution in [3.8, 4) is 0 Å². The monoisotopic (exact) mass is 408 g/mol. The van der Waals surface area contributed by atoms with Crippen LogP contribution in [0.25, 0.3) is 0 Å². The molecule has 0 spiro atoms. The Labute approximate surface area is 129 Å². The number of carbonyl (C=O) groups excluding carboxylic acids is 1. The van der Waals surface area contributed by atoms with Crippen LogP contribution in [0.4, 0.5) is 8.78 Å². The van der Waals surface area contributed by atoms with E-state index >= 15 is 0 Å². The normalized spacial score (nSPS) is 10.6. The number of rotatable bonds is 2. The van der Waals surface area contributed by atoms with Crippen molar-refractivity contribution in [3.05, 3.63) is 67.1 Å². The fourth-order valence-corrected chi connectivity index (χ4v) is 2.35. The van der Waals surface area contributed by atoms with Gasteiger partial charge in [-0.15, -0.1) is 0 Å². The third kappa shape index (κ3) is 3.04. The zero-order valence-corrected chi connectivity index (χ0v) is 13.1. The second-order valence-corrected chi connectivity index (χ2v) is 5.88. The van der Waals surface area contributed by atoms with E-state index in [0.717, 1.165) is 12.1 Å². The van der Waals surface area contributed by atoms with E-state index < -0.39 is 17.4 Å². The molecule has 98 valence electrons. The van der Waals surface area contributed by atoms with Gasteiger partial charge in [-0.2, -0.15) is 0 Å². The van der Waals surface area contributed by atoms with Crippen LogP contribution in [0.15, 0.2) is 39.3 Å². The zero-order chi connectivity index (χ0) is 14.2. The van der Waals surface area contributed by atoms with Crippen LogP contribution in [0.1, 0.15) is 15.9 Å². The van der Waals surface area contributed by atoms with Gasteiger partial charge in [-0.1, -0.05) is 27.5 Å². The van der Waals surface area contributed by atoms with Crippen LogP contribution in [0, 0.1) is 11.6 Å². The maximum Gasteiger partial charge on any atom is 0.199 e. The first-order valence-electron chi connectivity index (χ1n) is 5.04. The molecule has 0 saturated carbocycles. The van der Waals surface area contributed by atoms with Gasteiger partial charge in [0, 0.05) is 8.95 Å². The van der Waals surface area contributed by atoms with Crippen molar-refractivity contribution in [2.75, 3.05) is 0 Å². The van der Waals surface area contributed by atoms with Crippen LogP contribution in [-0.4, -0.2) is 5.78 Å². The van der Waals surface area contributed by atoms with Gasteiger partial charge in [-0.05, 0) is 46.3 Å². The SMILES string of the molecule is O=C(c1cc(Br)ccc1F)c1cc(Cl)c(Br)cc1F. The quantitative estimate of drug-likeness (QED) is 0.480. The van der Waals surface area contributed by atoms with Gasteiger partial charge in [-0.3, -0.25) is 4.79 Å². The number of ketones is 1. The largest absolute Gasteiger partial charge is 0.288 e. The number of carbonyl (C=O) groups is 1. The van der Waals surface area contributed by atoms with Crippen LogP contribution < -0.4 is 0 Å². The van der Waals surface area contributed by atoms with Crippen LogP contribution in [0.3, 0.4) is 0 Å². The molecule has 0 unspecified atom stereocenters. The zero-order valence-electron chi connectivity index (χ0n) is 9.18. The van der Waals surface area contributed by atoms with Gasteiger partial charge in [0.25, 0.3) is 0 Å².